The van der Waals surface area contributed by atoms with Crippen molar-refractivity contribution in [2.24, 2.45) is 10.2 Å². The molecule has 0 spiro atoms. The summed E-state index contributed by atoms with van der Waals surface area (Å²) >= 11 is 0. The fraction of sp³-hybridized carbons (Fsp3) is 0.318. The Kier molecular flexibility index (Phi) is 7.14. The Labute approximate surface area is 184 Å². The molecule has 0 saturated heterocycles. The number of carbonyl (C=O) groups excluding carboxylic acids is 3. The van der Waals surface area contributed by atoms with Gasteiger partial charge in [-0.1, -0.05) is 0 Å². The summed E-state index contributed by atoms with van der Waals surface area (Å²) in [6.45, 7) is 3.98. The zero-order valence-corrected chi connectivity index (χ0v) is 18.0. The van der Waals surface area contributed by atoms with Gasteiger partial charge in [-0.15, -0.1) is 5.10 Å². The molecule has 0 aliphatic carbocycles. The fourth-order valence-corrected chi connectivity index (χ4v) is 3.40. The van der Waals surface area contributed by atoms with Crippen LogP contribution in [0.5, 0.6) is 0 Å². The topological polar surface area (TPSA) is 125 Å². The highest BCUT2D eigenvalue weighted by Gasteiger charge is 2.26. The number of amides is 2. The van der Waals surface area contributed by atoms with Crippen LogP contribution in [0.15, 0.2) is 28.4 Å². The van der Waals surface area contributed by atoms with Gasteiger partial charge >= 0.3 is 5.97 Å². The lowest BCUT2D eigenvalue weighted by Gasteiger charge is -2.06. The summed E-state index contributed by atoms with van der Waals surface area (Å²) in [5.74, 6) is -1.45. The molecule has 32 heavy (non-hydrogen) atoms. The minimum Gasteiger partial charge on any atom is -0.469 e. The zero-order chi connectivity index (χ0) is 23.3. The van der Waals surface area contributed by atoms with Gasteiger partial charge in [0.1, 0.15) is 5.82 Å². The molecule has 9 nitrogen and oxygen atoms in total. The lowest BCUT2D eigenvalue weighted by atomic mass is 10.1. The molecule has 3 rings (SSSR count). The molecule has 2 amide bonds. The number of hydrogen-bond donors (Lipinski definition) is 3. The van der Waals surface area contributed by atoms with Gasteiger partial charge in [0.05, 0.1) is 30.3 Å². The average Bonchev–Trinajstić information content (AvgIpc) is 3.22. The maximum atomic E-state index is 13.5. The van der Waals surface area contributed by atoms with Crippen molar-refractivity contribution < 1.29 is 23.5 Å². The highest BCUT2D eigenvalue weighted by Crippen LogP contribution is 2.24. The van der Waals surface area contributed by atoms with E-state index in [1.807, 2.05) is 0 Å². The Balaban J connectivity index is 1.66. The van der Waals surface area contributed by atoms with Crippen molar-refractivity contribution in [2.75, 3.05) is 19.0 Å². The van der Waals surface area contributed by atoms with Crippen LogP contribution in [0.2, 0.25) is 0 Å². The molecular formula is C22H24FN5O4. The normalized spacial score (nSPS) is 14.0. The van der Waals surface area contributed by atoms with Crippen LogP contribution in [0.25, 0.3) is 0 Å². The molecule has 0 bridgehead atoms. The Morgan fingerprint density at radius 1 is 1.25 bits per heavy atom. The Bertz CT molecular complexity index is 1120. The predicted molar refractivity (Wildman–Crippen MR) is 118 cm³/mol. The van der Waals surface area contributed by atoms with Crippen LogP contribution in [0.4, 0.5) is 10.1 Å². The number of unbranched alkanes of at least 4 members (excludes halogenated alkanes) is 1. The zero-order valence-electron chi connectivity index (χ0n) is 18.0. The van der Waals surface area contributed by atoms with Crippen LogP contribution in [0.3, 0.4) is 0 Å². The molecule has 1 aliphatic rings. The first kappa shape index (κ1) is 22.9. The van der Waals surface area contributed by atoms with E-state index in [2.05, 4.69) is 30.6 Å². The quantitative estimate of drug-likeness (QED) is 0.252. The van der Waals surface area contributed by atoms with Crippen molar-refractivity contribution in [1.82, 2.24) is 10.3 Å². The molecule has 10 heteroatoms. The first-order valence-electron chi connectivity index (χ1n) is 10.1. The van der Waals surface area contributed by atoms with Gasteiger partial charge in [-0.3, -0.25) is 14.4 Å². The lowest BCUT2D eigenvalue weighted by molar-refractivity contribution is -0.140. The van der Waals surface area contributed by atoms with Gasteiger partial charge in [0.25, 0.3) is 11.8 Å². The number of fused-ring (bicyclic) bond motifs is 1. The van der Waals surface area contributed by atoms with E-state index < -0.39 is 11.7 Å². The van der Waals surface area contributed by atoms with Gasteiger partial charge in [-0.25, -0.2) is 4.39 Å². The van der Waals surface area contributed by atoms with E-state index in [9.17, 15) is 18.8 Å². The van der Waals surface area contributed by atoms with Gasteiger partial charge in [0, 0.05) is 24.2 Å². The first-order valence-corrected chi connectivity index (χ1v) is 10.1. The number of esters is 1. The lowest BCUT2D eigenvalue weighted by Crippen LogP contribution is -2.25. The smallest absolute Gasteiger partial charge is 0.305 e. The number of hydrogen-bond acceptors (Lipinski definition) is 6. The van der Waals surface area contributed by atoms with E-state index in [4.69, 9.17) is 0 Å². The van der Waals surface area contributed by atoms with Gasteiger partial charge < -0.3 is 20.4 Å². The van der Waals surface area contributed by atoms with Gasteiger partial charge in [0.15, 0.2) is 5.71 Å². The highest BCUT2D eigenvalue weighted by atomic mass is 19.1. The second-order valence-corrected chi connectivity index (χ2v) is 7.29. The molecule has 1 aromatic heterocycles. The van der Waals surface area contributed by atoms with Crippen LogP contribution in [0.1, 0.15) is 52.1 Å². The number of aromatic amines is 1. The summed E-state index contributed by atoms with van der Waals surface area (Å²) in [4.78, 5) is 38.8. The summed E-state index contributed by atoms with van der Waals surface area (Å²) in [6.07, 6.45) is 3.00. The minimum atomic E-state index is -0.478. The Hall–Kier alpha value is -3.82. The number of aryl methyl sites for hydroxylation is 1. The van der Waals surface area contributed by atoms with E-state index in [0.29, 0.717) is 59.6 Å². The van der Waals surface area contributed by atoms with E-state index in [1.54, 1.807) is 13.8 Å². The summed E-state index contributed by atoms with van der Waals surface area (Å²) in [5.41, 5.74) is 3.25. The van der Waals surface area contributed by atoms with Crippen molar-refractivity contribution in [3.8, 4) is 0 Å². The third-order valence-corrected chi connectivity index (χ3v) is 5.07. The van der Waals surface area contributed by atoms with E-state index >= 15 is 0 Å². The number of nitrogens with zero attached hydrogens (tertiary/aromatic N) is 2. The van der Waals surface area contributed by atoms with Crippen LogP contribution < -0.4 is 10.6 Å². The highest BCUT2D eigenvalue weighted by molar-refractivity contribution is 6.53. The number of halogens is 1. The number of anilines is 1. The second kappa shape index (κ2) is 9.99. The molecule has 0 radical (unpaired) electrons. The van der Waals surface area contributed by atoms with E-state index in [1.165, 1.54) is 31.5 Å². The molecule has 0 atom stereocenters. The molecule has 168 valence electrons. The van der Waals surface area contributed by atoms with Gasteiger partial charge in [0.2, 0.25) is 0 Å². The molecule has 1 aromatic carbocycles. The van der Waals surface area contributed by atoms with Gasteiger partial charge in [-0.2, -0.15) is 5.10 Å². The third-order valence-electron chi connectivity index (χ3n) is 5.07. The monoisotopic (exact) mass is 441 g/mol. The molecule has 0 unspecified atom stereocenters. The number of nitrogens with one attached hydrogen (secondary N) is 3. The number of H-pyrrole nitrogens is 1. The molecule has 2 aromatic rings. The van der Waals surface area contributed by atoms with Crippen molar-refractivity contribution in [3.05, 3.63) is 52.1 Å². The summed E-state index contributed by atoms with van der Waals surface area (Å²) in [5, 5.41) is 13.3. The summed E-state index contributed by atoms with van der Waals surface area (Å²) < 4.78 is 18.1. The van der Waals surface area contributed by atoms with Crippen LogP contribution in [-0.4, -0.2) is 48.3 Å². The fourth-order valence-electron chi connectivity index (χ4n) is 3.40. The van der Waals surface area contributed by atoms with E-state index in [0.717, 1.165) is 0 Å². The average molecular weight is 441 g/mol. The van der Waals surface area contributed by atoms with Crippen molar-refractivity contribution in [2.45, 2.75) is 33.1 Å². The molecule has 0 saturated carbocycles. The number of ether oxygens (including phenoxy) is 1. The second-order valence-electron chi connectivity index (χ2n) is 7.29. The molecule has 3 N–H and O–H groups in total. The Morgan fingerprint density at radius 2 is 2.03 bits per heavy atom. The van der Waals surface area contributed by atoms with Crippen molar-refractivity contribution >= 4 is 35.4 Å². The number of methoxy groups -OCH3 is 1. The number of carbonyl (C=O) groups is 3. The van der Waals surface area contributed by atoms with E-state index in [-0.39, 0.29) is 17.6 Å². The number of benzene rings is 1. The van der Waals surface area contributed by atoms with Crippen LogP contribution in [-0.2, 0) is 14.3 Å². The molecule has 0 fully saturated rings. The molecule has 1 aliphatic heterocycles. The maximum Gasteiger partial charge on any atom is 0.305 e. The summed E-state index contributed by atoms with van der Waals surface area (Å²) in [7, 11) is 1.34. The SMILES string of the molecule is COC(=O)CCCCNC(=O)c1c(C)[nH]c(/C=N/N=C2\C(=O)Nc3ccc(F)cc32)c1C. The molecular weight excluding hydrogens is 417 g/mol. The minimum absolute atomic E-state index is 0.0154. The maximum absolute atomic E-state index is 13.5. The van der Waals surface area contributed by atoms with Crippen molar-refractivity contribution in [1.29, 1.82) is 0 Å². The van der Waals surface area contributed by atoms with Crippen LogP contribution in [0, 0.1) is 19.7 Å². The number of rotatable bonds is 8. The summed E-state index contributed by atoms with van der Waals surface area (Å²) in [6, 6.07) is 3.94. The standard InChI is InChI=1S/C22H24FN5O4/c1-12-17(11-25-28-20-15-10-14(23)7-8-16(15)27-22(20)31)26-13(2)19(12)21(30)24-9-5-4-6-18(29)32-3/h7-8,10-11,26H,4-6,9H2,1-3H3,(H,24,30)(H,27,28,31)/b25-11+. The predicted octanol–water partition coefficient (Wildman–Crippen LogP) is 2.62. The third kappa shape index (κ3) is 5.08. The van der Waals surface area contributed by atoms with Gasteiger partial charge in [-0.05, 0) is 50.5 Å². The Morgan fingerprint density at radius 3 is 2.78 bits per heavy atom. The largest absolute Gasteiger partial charge is 0.469 e. The molecule has 2 heterocycles. The number of aromatic nitrogens is 1. The first-order chi connectivity index (χ1) is 15.3. The van der Waals surface area contributed by atoms with Crippen molar-refractivity contribution in [3.63, 3.8) is 0 Å². The van der Waals surface area contributed by atoms with Crippen LogP contribution >= 0.6 is 0 Å².